The molecule has 1 aromatic heterocycles. The lowest BCUT2D eigenvalue weighted by atomic mass is 9.85. The first-order valence-electron chi connectivity index (χ1n) is 6.86. The van der Waals surface area contributed by atoms with Gasteiger partial charge >= 0.3 is 0 Å². The topological polar surface area (TPSA) is 84.2 Å². The number of benzene rings is 1. The van der Waals surface area contributed by atoms with Crippen LogP contribution in [0.25, 0.3) is 11.3 Å². The second kappa shape index (κ2) is 5.78. The molecule has 2 aromatic rings. The molecule has 21 heavy (non-hydrogen) atoms. The molecule has 6 nitrogen and oxygen atoms in total. The first-order valence-corrected chi connectivity index (χ1v) is 6.86. The SMILES string of the molecule is O=C(NNC(=O)C1CCC1)c1cc(-c2ccccc2)on1. The monoisotopic (exact) mass is 285 g/mol. The molecule has 1 saturated carbocycles. The highest BCUT2D eigenvalue weighted by Crippen LogP contribution is 2.25. The summed E-state index contributed by atoms with van der Waals surface area (Å²) in [4.78, 5) is 23.5. The lowest BCUT2D eigenvalue weighted by Crippen LogP contribution is -2.46. The molecule has 0 bridgehead atoms. The first-order chi connectivity index (χ1) is 10.2. The van der Waals surface area contributed by atoms with Crippen molar-refractivity contribution >= 4 is 11.8 Å². The van der Waals surface area contributed by atoms with Crippen LogP contribution in [0.4, 0.5) is 0 Å². The molecule has 0 unspecified atom stereocenters. The zero-order valence-electron chi connectivity index (χ0n) is 11.3. The van der Waals surface area contributed by atoms with Crippen LogP contribution in [0.5, 0.6) is 0 Å². The number of nitrogens with zero attached hydrogens (tertiary/aromatic N) is 1. The number of hydrogen-bond acceptors (Lipinski definition) is 4. The number of aromatic nitrogens is 1. The molecule has 0 aliphatic heterocycles. The van der Waals surface area contributed by atoms with Crippen molar-refractivity contribution in [3.05, 3.63) is 42.1 Å². The van der Waals surface area contributed by atoms with Gasteiger partial charge in [-0.15, -0.1) is 0 Å². The lowest BCUT2D eigenvalue weighted by Gasteiger charge is -2.23. The van der Waals surface area contributed by atoms with E-state index in [4.69, 9.17) is 4.52 Å². The lowest BCUT2D eigenvalue weighted by molar-refractivity contribution is -0.128. The molecule has 2 amide bonds. The third kappa shape index (κ3) is 2.94. The van der Waals surface area contributed by atoms with E-state index in [1.54, 1.807) is 6.07 Å². The molecule has 1 aliphatic carbocycles. The van der Waals surface area contributed by atoms with Crippen molar-refractivity contribution in [2.24, 2.45) is 5.92 Å². The maximum Gasteiger partial charge on any atom is 0.291 e. The van der Waals surface area contributed by atoms with Crippen LogP contribution in [0.15, 0.2) is 40.9 Å². The molecule has 1 aromatic carbocycles. The molecule has 1 aliphatic rings. The Morgan fingerprint density at radius 3 is 2.57 bits per heavy atom. The summed E-state index contributed by atoms with van der Waals surface area (Å²) in [6, 6.07) is 10.9. The van der Waals surface area contributed by atoms with E-state index in [2.05, 4.69) is 16.0 Å². The average Bonchev–Trinajstić information content (AvgIpc) is 2.94. The highest BCUT2D eigenvalue weighted by atomic mass is 16.5. The molecule has 3 rings (SSSR count). The molecule has 1 heterocycles. The van der Waals surface area contributed by atoms with Crippen LogP contribution in [0.2, 0.25) is 0 Å². The van der Waals surface area contributed by atoms with E-state index in [0.717, 1.165) is 24.8 Å². The Labute approximate surface area is 121 Å². The van der Waals surface area contributed by atoms with E-state index in [-0.39, 0.29) is 17.5 Å². The molecule has 0 spiro atoms. The van der Waals surface area contributed by atoms with Crippen molar-refractivity contribution in [3.8, 4) is 11.3 Å². The number of amides is 2. The Balaban J connectivity index is 1.60. The van der Waals surface area contributed by atoms with Crippen LogP contribution < -0.4 is 10.9 Å². The van der Waals surface area contributed by atoms with Crippen LogP contribution in [0.3, 0.4) is 0 Å². The van der Waals surface area contributed by atoms with E-state index in [9.17, 15) is 9.59 Å². The van der Waals surface area contributed by atoms with Crippen LogP contribution >= 0.6 is 0 Å². The molecule has 0 atom stereocenters. The minimum atomic E-state index is -0.492. The summed E-state index contributed by atoms with van der Waals surface area (Å²) in [6.07, 6.45) is 2.82. The van der Waals surface area contributed by atoms with E-state index < -0.39 is 5.91 Å². The highest BCUT2D eigenvalue weighted by Gasteiger charge is 2.25. The normalized spacial score (nSPS) is 14.3. The Morgan fingerprint density at radius 1 is 1.14 bits per heavy atom. The van der Waals surface area contributed by atoms with E-state index in [1.807, 2.05) is 30.3 Å². The fourth-order valence-electron chi connectivity index (χ4n) is 2.08. The van der Waals surface area contributed by atoms with Gasteiger partial charge < -0.3 is 4.52 Å². The second-order valence-electron chi connectivity index (χ2n) is 5.01. The van der Waals surface area contributed by atoms with E-state index in [1.165, 1.54) is 0 Å². The van der Waals surface area contributed by atoms with E-state index in [0.29, 0.717) is 5.76 Å². The van der Waals surface area contributed by atoms with Crippen molar-refractivity contribution in [2.75, 3.05) is 0 Å². The molecule has 0 radical (unpaired) electrons. The van der Waals surface area contributed by atoms with Crippen LogP contribution in [-0.4, -0.2) is 17.0 Å². The molecule has 2 N–H and O–H groups in total. The van der Waals surface area contributed by atoms with Gasteiger partial charge in [-0.2, -0.15) is 0 Å². The summed E-state index contributed by atoms with van der Waals surface area (Å²) in [7, 11) is 0. The summed E-state index contributed by atoms with van der Waals surface area (Å²) in [5.74, 6) is -0.122. The van der Waals surface area contributed by atoms with Gasteiger partial charge in [0.15, 0.2) is 11.5 Å². The standard InChI is InChI=1S/C15H15N3O3/c19-14(11-7-4-8-11)16-17-15(20)12-9-13(21-18-12)10-5-2-1-3-6-10/h1-3,5-6,9,11H,4,7-8H2,(H,16,19)(H,17,20). The maximum atomic E-state index is 11.9. The van der Waals surface area contributed by atoms with Crippen molar-refractivity contribution in [1.29, 1.82) is 0 Å². The average molecular weight is 285 g/mol. The largest absolute Gasteiger partial charge is 0.355 e. The molecular formula is C15H15N3O3. The second-order valence-corrected chi connectivity index (χ2v) is 5.01. The summed E-state index contributed by atoms with van der Waals surface area (Å²) in [5, 5.41) is 3.71. The van der Waals surface area contributed by atoms with Gasteiger partial charge in [0.1, 0.15) is 0 Å². The van der Waals surface area contributed by atoms with E-state index >= 15 is 0 Å². The van der Waals surface area contributed by atoms with Crippen LogP contribution in [0.1, 0.15) is 29.8 Å². The fourth-order valence-corrected chi connectivity index (χ4v) is 2.08. The quantitative estimate of drug-likeness (QED) is 0.844. The summed E-state index contributed by atoms with van der Waals surface area (Å²) in [6.45, 7) is 0. The Morgan fingerprint density at radius 2 is 1.90 bits per heavy atom. The maximum absolute atomic E-state index is 11.9. The van der Waals surface area contributed by atoms with Crippen LogP contribution in [0, 0.1) is 5.92 Å². The predicted octanol–water partition coefficient (Wildman–Crippen LogP) is 1.90. The molecule has 0 saturated heterocycles. The number of carbonyl (C=O) groups excluding carboxylic acids is 2. The fraction of sp³-hybridized carbons (Fsp3) is 0.267. The highest BCUT2D eigenvalue weighted by molar-refractivity contribution is 5.94. The third-order valence-corrected chi connectivity index (χ3v) is 3.58. The summed E-state index contributed by atoms with van der Waals surface area (Å²) < 4.78 is 5.13. The van der Waals surface area contributed by atoms with Crippen molar-refractivity contribution in [3.63, 3.8) is 0 Å². The minimum Gasteiger partial charge on any atom is -0.355 e. The number of nitrogens with one attached hydrogen (secondary N) is 2. The van der Waals surface area contributed by atoms with Gasteiger partial charge in [0.25, 0.3) is 5.91 Å². The molecule has 6 heteroatoms. The van der Waals surface area contributed by atoms with Gasteiger partial charge in [-0.05, 0) is 12.8 Å². The number of hydrazine groups is 1. The number of carbonyl (C=O) groups is 2. The molecule has 1 fully saturated rings. The first kappa shape index (κ1) is 13.4. The van der Waals surface area contributed by atoms with Gasteiger partial charge in [-0.1, -0.05) is 41.9 Å². The van der Waals surface area contributed by atoms with Crippen molar-refractivity contribution < 1.29 is 14.1 Å². The Hall–Kier alpha value is -2.63. The Bertz CT molecular complexity index is 647. The smallest absolute Gasteiger partial charge is 0.291 e. The van der Waals surface area contributed by atoms with Gasteiger partial charge in [0.05, 0.1) is 0 Å². The molecule has 108 valence electrons. The van der Waals surface area contributed by atoms with Gasteiger partial charge in [0.2, 0.25) is 5.91 Å². The Kier molecular flexibility index (Phi) is 3.68. The number of hydrogen-bond donors (Lipinski definition) is 2. The minimum absolute atomic E-state index is 0.0162. The van der Waals surface area contributed by atoms with Crippen molar-refractivity contribution in [2.45, 2.75) is 19.3 Å². The van der Waals surface area contributed by atoms with Gasteiger partial charge in [0, 0.05) is 17.5 Å². The zero-order chi connectivity index (χ0) is 14.7. The summed E-state index contributed by atoms with van der Waals surface area (Å²) >= 11 is 0. The zero-order valence-corrected chi connectivity index (χ0v) is 11.3. The van der Waals surface area contributed by atoms with Gasteiger partial charge in [-0.25, -0.2) is 0 Å². The molecular weight excluding hydrogens is 270 g/mol. The predicted molar refractivity (Wildman–Crippen MR) is 74.9 cm³/mol. The van der Waals surface area contributed by atoms with Gasteiger partial charge in [-0.3, -0.25) is 20.4 Å². The number of rotatable bonds is 3. The van der Waals surface area contributed by atoms with Crippen LogP contribution in [-0.2, 0) is 4.79 Å². The van der Waals surface area contributed by atoms with Crippen molar-refractivity contribution in [1.82, 2.24) is 16.0 Å². The third-order valence-electron chi connectivity index (χ3n) is 3.58. The summed E-state index contributed by atoms with van der Waals surface area (Å²) in [5.41, 5.74) is 5.73.